The lowest BCUT2D eigenvalue weighted by molar-refractivity contribution is -0.128. The SMILES string of the molecule is Cc1cc(OCc2ccccc2)ccc1NC(=O)C1CNCCO1. The third-order valence-corrected chi connectivity index (χ3v) is 3.92. The highest BCUT2D eigenvalue weighted by molar-refractivity contribution is 5.95. The number of benzene rings is 2. The van der Waals surface area contributed by atoms with E-state index in [0.29, 0.717) is 19.8 Å². The summed E-state index contributed by atoms with van der Waals surface area (Å²) in [6.45, 7) is 4.36. The minimum Gasteiger partial charge on any atom is -0.489 e. The predicted octanol–water partition coefficient (Wildman–Crippen LogP) is 2.50. The van der Waals surface area contributed by atoms with Crippen LogP contribution in [0, 0.1) is 6.92 Å². The minimum atomic E-state index is -0.438. The molecule has 5 nitrogen and oxygen atoms in total. The Hall–Kier alpha value is -2.37. The molecule has 0 aromatic heterocycles. The lowest BCUT2D eigenvalue weighted by Crippen LogP contribution is -2.45. The van der Waals surface area contributed by atoms with Crippen LogP contribution in [0.2, 0.25) is 0 Å². The molecule has 1 heterocycles. The van der Waals surface area contributed by atoms with Gasteiger partial charge in [-0.25, -0.2) is 0 Å². The first-order valence-corrected chi connectivity index (χ1v) is 8.13. The maximum absolute atomic E-state index is 12.2. The van der Waals surface area contributed by atoms with Crippen LogP contribution in [0.5, 0.6) is 5.75 Å². The van der Waals surface area contributed by atoms with Gasteiger partial charge in [-0.3, -0.25) is 4.79 Å². The molecule has 1 amide bonds. The van der Waals surface area contributed by atoms with Gasteiger partial charge < -0.3 is 20.1 Å². The molecule has 5 heteroatoms. The zero-order chi connectivity index (χ0) is 16.8. The molecule has 3 rings (SSSR count). The van der Waals surface area contributed by atoms with Crippen molar-refractivity contribution < 1.29 is 14.3 Å². The molecule has 0 saturated carbocycles. The molecule has 2 N–H and O–H groups in total. The van der Waals surface area contributed by atoms with E-state index in [9.17, 15) is 4.79 Å². The Morgan fingerprint density at radius 1 is 1.29 bits per heavy atom. The Morgan fingerprint density at radius 3 is 2.83 bits per heavy atom. The molecule has 126 valence electrons. The number of nitrogens with one attached hydrogen (secondary N) is 2. The van der Waals surface area contributed by atoms with Gasteiger partial charge in [0, 0.05) is 18.8 Å². The number of ether oxygens (including phenoxy) is 2. The monoisotopic (exact) mass is 326 g/mol. The van der Waals surface area contributed by atoms with Gasteiger partial charge in [0.2, 0.25) is 0 Å². The Kier molecular flexibility index (Phi) is 5.46. The van der Waals surface area contributed by atoms with Crippen molar-refractivity contribution in [3.05, 3.63) is 59.7 Å². The van der Waals surface area contributed by atoms with E-state index in [1.807, 2.05) is 55.5 Å². The van der Waals surface area contributed by atoms with Crippen LogP contribution in [0.3, 0.4) is 0 Å². The second-order valence-electron chi connectivity index (χ2n) is 5.80. The summed E-state index contributed by atoms with van der Waals surface area (Å²) >= 11 is 0. The first-order chi connectivity index (χ1) is 11.7. The molecule has 0 spiro atoms. The van der Waals surface area contributed by atoms with Crippen LogP contribution in [-0.2, 0) is 16.1 Å². The Balaban J connectivity index is 1.58. The van der Waals surface area contributed by atoms with E-state index in [-0.39, 0.29) is 5.91 Å². The van der Waals surface area contributed by atoms with Crippen molar-refractivity contribution in [2.24, 2.45) is 0 Å². The van der Waals surface area contributed by atoms with Crippen LogP contribution in [0.15, 0.2) is 48.5 Å². The van der Waals surface area contributed by atoms with Gasteiger partial charge in [-0.1, -0.05) is 30.3 Å². The fourth-order valence-electron chi connectivity index (χ4n) is 2.55. The zero-order valence-corrected chi connectivity index (χ0v) is 13.7. The van der Waals surface area contributed by atoms with Crippen molar-refractivity contribution in [1.82, 2.24) is 5.32 Å². The van der Waals surface area contributed by atoms with Crippen LogP contribution >= 0.6 is 0 Å². The minimum absolute atomic E-state index is 0.122. The molecule has 24 heavy (non-hydrogen) atoms. The number of carbonyl (C=O) groups is 1. The predicted molar refractivity (Wildman–Crippen MR) is 93.2 cm³/mol. The lowest BCUT2D eigenvalue weighted by Gasteiger charge is -2.23. The Bertz CT molecular complexity index is 682. The maximum Gasteiger partial charge on any atom is 0.254 e. The smallest absolute Gasteiger partial charge is 0.254 e. The number of rotatable bonds is 5. The van der Waals surface area contributed by atoms with Crippen molar-refractivity contribution in [3.8, 4) is 5.75 Å². The van der Waals surface area contributed by atoms with Crippen LogP contribution < -0.4 is 15.4 Å². The van der Waals surface area contributed by atoms with Gasteiger partial charge in [0.15, 0.2) is 0 Å². The standard InChI is InChI=1S/C19H22N2O3/c1-14-11-16(24-13-15-5-3-2-4-6-15)7-8-17(14)21-19(22)18-12-20-9-10-23-18/h2-8,11,18,20H,9-10,12-13H2,1H3,(H,21,22). The van der Waals surface area contributed by atoms with E-state index in [2.05, 4.69) is 10.6 Å². The zero-order valence-electron chi connectivity index (χ0n) is 13.7. The van der Waals surface area contributed by atoms with E-state index in [0.717, 1.165) is 29.1 Å². The number of hydrogen-bond acceptors (Lipinski definition) is 4. The quantitative estimate of drug-likeness (QED) is 0.886. The number of amides is 1. The number of anilines is 1. The van der Waals surface area contributed by atoms with Crippen LogP contribution in [-0.4, -0.2) is 31.7 Å². The maximum atomic E-state index is 12.2. The van der Waals surface area contributed by atoms with Gasteiger partial charge in [-0.15, -0.1) is 0 Å². The molecule has 0 bridgehead atoms. The summed E-state index contributed by atoms with van der Waals surface area (Å²) in [6.07, 6.45) is -0.438. The van der Waals surface area contributed by atoms with E-state index in [1.165, 1.54) is 0 Å². The van der Waals surface area contributed by atoms with E-state index < -0.39 is 6.10 Å². The second-order valence-corrected chi connectivity index (χ2v) is 5.80. The highest BCUT2D eigenvalue weighted by Crippen LogP contribution is 2.22. The third kappa shape index (κ3) is 4.34. The molecule has 0 radical (unpaired) electrons. The lowest BCUT2D eigenvalue weighted by atomic mass is 10.1. The average molecular weight is 326 g/mol. The summed E-state index contributed by atoms with van der Waals surface area (Å²) in [4.78, 5) is 12.2. The molecule has 1 aliphatic rings. The highest BCUT2D eigenvalue weighted by Gasteiger charge is 2.22. The Morgan fingerprint density at radius 2 is 2.12 bits per heavy atom. The van der Waals surface area contributed by atoms with Crippen molar-refractivity contribution in [2.45, 2.75) is 19.6 Å². The number of carbonyl (C=O) groups excluding carboxylic acids is 1. The summed E-state index contributed by atoms with van der Waals surface area (Å²) in [7, 11) is 0. The fourth-order valence-corrected chi connectivity index (χ4v) is 2.55. The molecule has 1 saturated heterocycles. The third-order valence-electron chi connectivity index (χ3n) is 3.92. The molecule has 1 fully saturated rings. The average Bonchev–Trinajstić information content (AvgIpc) is 2.63. The topological polar surface area (TPSA) is 59.6 Å². The molecule has 0 aliphatic carbocycles. The van der Waals surface area contributed by atoms with E-state index >= 15 is 0 Å². The number of morpholine rings is 1. The van der Waals surface area contributed by atoms with Gasteiger partial charge in [0.1, 0.15) is 18.5 Å². The van der Waals surface area contributed by atoms with E-state index in [4.69, 9.17) is 9.47 Å². The van der Waals surface area contributed by atoms with Crippen molar-refractivity contribution in [1.29, 1.82) is 0 Å². The normalized spacial score (nSPS) is 17.3. The first kappa shape index (κ1) is 16.5. The highest BCUT2D eigenvalue weighted by atomic mass is 16.5. The molecular formula is C19H22N2O3. The van der Waals surface area contributed by atoms with Crippen LogP contribution in [0.4, 0.5) is 5.69 Å². The van der Waals surface area contributed by atoms with Crippen molar-refractivity contribution in [3.63, 3.8) is 0 Å². The summed E-state index contributed by atoms with van der Waals surface area (Å²) in [5.74, 6) is 0.660. The molecule has 1 unspecified atom stereocenters. The first-order valence-electron chi connectivity index (χ1n) is 8.13. The Labute approximate surface area is 142 Å². The number of hydrogen-bond donors (Lipinski definition) is 2. The van der Waals surface area contributed by atoms with Crippen molar-refractivity contribution >= 4 is 11.6 Å². The molecule has 1 aliphatic heterocycles. The van der Waals surface area contributed by atoms with Gasteiger partial charge in [-0.2, -0.15) is 0 Å². The number of aryl methyl sites for hydroxylation is 1. The molecule has 1 atom stereocenters. The van der Waals surface area contributed by atoms with Gasteiger partial charge in [-0.05, 0) is 36.2 Å². The summed E-state index contributed by atoms with van der Waals surface area (Å²) in [5, 5.41) is 6.07. The molecule has 2 aromatic carbocycles. The summed E-state index contributed by atoms with van der Waals surface area (Å²) < 4.78 is 11.3. The van der Waals surface area contributed by atoms with Gasteiger partial charge in [0.05, 0.1) is 6.61 Å². The summed E-state index contributed by atoms with van der Waals surface area (Å²) in [6, 6.07) is 15.7. The van der Waals surface area contributed by atoms with Gasteiger partial charge in [0.25, 0.3) is 5.91 Å². The van der Waals surface area contributed by atoms with Crippen LogP contribution in [0.1, 0.15) is 11.1 Å². The second kappa shape index (κ2) is 7.95. The molecular weight excluding hydrogens is 304 g/mol. The summed E-state index contributed by atoms with van der Waals surface area (Å²) in [5.41, 5.74) is 2.85. The van der Waals surface area contributed by atoms with Gasteiger partial charge >= 0.3 is 0 Å². The largest absolute Gasteiger partial charge is 0.489 e. The van der Waals surface area contributed by atoms with Crippen LogP contribution in [0.25, 0.3) is 0 Å². The molecule has 2 aromatic rings. The van der Waals surface area contributed by atoms with E-state index in [1.54, 1.807) is 0 Å². The van der Waals surface area contributed by atoms with Crippen molar-refractivity contribution in [2.75, 3.05) is 25.0 Å². The fraction of sp³-hybridized carbons (Fsp3) is 0.316.